The van der Waals surface area contributed by atoms with Gasteiger partial charge in [-0.05, 0) is 48.7 Å². The Bertz CT molecular complexity index is 989. The van der Waals surface area contributed by atoms with E-state index in [1.165, 1.54) is 6.33 Å². The van der Waals surface area contributed by atoms with Crippen LogP contribution in [0.4, 0.5) is 4.79 Å². The smallest absolute Gasteiger partial charge is 0.317 e. The molecule has 0 bridgehead atoms. The number of hydrogen-bond donors (Lipinski definition) is 1. The van der Waals surface area contributed by atoms with Gasteiger partial charge in [-0.1, -0.05) is 18.2 Å². The van der Waals surface area contributed by atoms with E-state index in [9.17, 15) is 4.79 Å². The van der Waals surface area contributed by atoms with E-state index < -0.39 is 0 Å². The van der Waals surface area contributed by atoms with Crippen molar-refractivity contribution in [2.75, 3.05) is 26.8 Å². The SMILES string of the molecule is C[C@@H](c1ccc(-n2cncn2)cc1)N(C)C(=O)NCCc1ccc2c(c1)OCCO2. The Morgan fingerprint density at radius 3 is 2.67 bits per heavy atom. The predicted octanol–water partition coefficient (Wildman–Crippen LogP) is 2.98. The van der Waals surface area contributed by atoms with Gasteiger partial charge in [0.05, 0.1) is 11.7 Å². The number of nitrogens with zero attached hydrogens (tertiary/aromatic N) is 4. The second-order valence-corrected chi connectivity index (χ2v) is 7.18. The third-order valence-electron chi connectivity index (χ3n) is 5.26. The van der Waals surface area contributed by atoms with E-state index in [-0.39, 0.29) is 12.1 Å². The van der Waals surface area contributed by atoms with Crippen LogP contribution in [-0.4, -0.2) is 52.5 Å². The molecule has 0 unspecified atom stereocenters. The highest BCUT2D eigenvalue weighted by molar-refractivity contribution is 5.74. The van der Waals surface area contributed by atoms with Crippen LogP contribution in [0.3, 0.4) is 0 Å². The van der Waals surface area contributed by atoms with Crippen LogP contribution >= 0.6 is 0 Å². The number of rotatable bonds is 6. The summed E-state index contributed by atoms with van der Waals surface area (Å²) in [5.41, 5.74) is 3.07. The van der Waals surface area contributed by atoms with Gasteiger partial charge < -0.3 is 19.7 Å². The number of hydrogen-bond acceptors (Lipinski definition) is 5. The molecule has 1 N–H and O–H groups in total. The first-order valence-corrected chi connectivity index (χ1v) is 9.96. The lowest BCUT2D eigenvalue weighted by Crippen LogP contribution is -2.39. The number of urea groups is 1. The minimum atomic E-state index is -0.111. The normalized spacial score (nSPS) is 13.5. The standard InChI is InChI=1S/C22H25N5O3/c1-16(18-4-6-19(7-5-18)27-15-23-14-25-27)26(2)22(28)24-10-9-17-3-8-20-21(13-17)30-12-11-29-20/h3-8,13-16H,9-12H2,1-2H3,(H,24,28)/t16-/m0/s1. The van der Waals surface area contributed by atoms with E-state index in [4.69, 9.17) is 9.47 Å². The molecule has 1 aliphatic rings. The number of carbonyl (C=O) groups excluding carboxylic acids is 1. The minimum absolute atomic E-state index is 0.0657. The van der Waals surface area contributed by atoms with Gasteiger partial charge in [-0.3, -0.25) is 0 Å². The van der Waals surface area contributed by atoms with Crippen molar-refractivity contribution >= 4 is 6.03 Å². The molecule has 1 aromatic heterocycles. The Labute approximate surface area is 175 Å². The maximum atomic E-state index is 12.6. The Morgan fingerprint density at radius 2 is 1.93 bits per heavy atom. The van der Waals surface area contributed by atoms with E-state index in [0.717, 1.165) is 34.7 Å². The molecular formula is C22H25N5O3. The van der Waals surface area contributed by atoms with Crippen molar-refractivity contribution < 1.29 is 14.3 Å². The largest absolute Gasteiger partial charge is 0.486 e. The molecule has 0 spiro atoms. The highest BCUT2D eigenvalue weighted by atomic mass is 16.6. The molecular weight excluding hydrogens is 382 g/mol. The first-order chi connectivity index (χ1) is 14.6. The second-order valence-electron chi connectivity index (χ2n) is 7.18. The number of aromatic nitrogens is 3. The lowest BCUT2D eigenvalue weighted by molar-refractivity contribution is 0.171. The summed E-state index contributed by atoms with van der Waals surface area (Å²) >= 11 is 0. The Morgan fingerprint density at radius 1 is 1.17 bits per heavy atom. The third kappa shape index (κ3) is 4.37. The zero-order chi connectivity index (χ0) is 20.9. The third-order valence-corrected chi connectivity index (χ3v) is 5.26. The number of amides is 2. The first-order valence-electron chi connectivity index (χ1n) is 9.96. The summed E-state index contributed by atoms with van der Waals surface area (Å²) in [7, 11) is 1.80. The molecule has 30 heavy (non-hydrogen) atoms. The summed E-state index contributed by atoms with van der Waals surface area (Å²) < 4.78 is 12.8. The van der Waals surface area contributed by atoms with Crippen molar-refractivity contribution in [3.8, 4) is 17.2 Å². The van der Waals surface area contributed by atoms with Gasteiger partial charge in [0.2, 0.25) is 0 Å². The fourth-order valence-electron chi connectivity index (χ4n) is 3.33. The maximum Gasteiger partial charge on any atom is 0.317 e. The quantitative estimate of drug-likeness (QED) is 0.679. The Balaban J connectivity index is 1.30. The molecule has 0 saturated carbocycles. The zero-order valence-corrected chi connectivity index (χ0v) is 17.1. The van der Waals surface area contributed by atoms with Gasteiger partial charge in [0.1, 0.15) is 25.9 Å². The molecule has 156 valence electrons. The van der Waals surface area contributed by atoms with Crippen molar-refractivity contribution in [3.05, 3.63) is 66.2 Å². The van der Waals surface area contributed by atoms with E-state index >= 15 is 0 Å². The molecule has 2 heterocycles. The highest BCUT2D eigenvalue weighted by Crippen LogP contribution is 2.30. The van der Waals surface area contributed by atoms with Crippen LogP contribution in [0, 0.1) is 0 Å². The highest BCUT2D eigenvalue weighted by Gasteiger charge is 2.17. The summed E-state index contributed by atoms with van der Waals surface area (Å²) in [6, 6.07) is 13.7. The number of ether oxygens (including phenoxy) is 2. The molecule has 0 fully saturated rings. The molecule has 8 nitrogen and oxygen atoms in total. The van der Waals surface area contributed by atoms with Gasteiger partial charge in [0.15, 0.2) is 11.5 Å². The van der Waals surface area contributed by atoms with Gasteiger partial charge >= 0.3 is 6.03 Å². The molecule has 1 aliphatic heterocycles. The van der Waals surface area contributed by atoms with Crippen molar-refractivity contribution in [3.63, 3.8) is 0 Å². The van der Waals surface area contributed by atoms with Crippen molar-refractivity contribution in [2.45, 2.75) is 19.4 Å². The Hall–Kier alpha value is -3.55. The van der Waals surface area contributed by atoms with Crippen LogP contribution in [-0.2, 0) is 6.42 Å². The van der Waals surface area contributed by atoms with Gasteiger partial charge in [-0.15, -0.1) is 0 Å². The molecule has 2 aromatic carbocycles. The average molecular weight is 407 g/mol. The van der Waals surface area contributed by atoms with Crippen molar-refractivity contribution in [1.82, 2.24) is 25.0 Å². The van der Waals surface area contributed by atoms with Crippen LogP contribution < -0.4 is 14.8 Å². The van der Waals surface area contributed by atoms with Gasteiger partial charge in [-0.2, -0.15) is 5.10 Å². The van der Waals surface area contributed by atoms with Crippen molar-refractivity contribution in [2.24, 2.45) is 0 Å². The number of carbonyl (C=O) groups is 1. The molecule has 0 saturated heterocycles. The minimum Gasteiger partial charge on any atom is -0.486 e. The number of benzene rings is 2. The van der Waals surface area contributed by atoms with Gasteiger partial charge in [0, 0.05) is 13.6 Å². The van der Waals surface area contributed by atoms with E-state index in [1.54, 1.807) is 23.0 Å². The molecule has 1 atom stereocenters. The van der Waals surface area contributed by atoms with Crippen LogP contribution in [0.5, 0.6) is 11.5 Å². The molecule has 0 radical (unpaired) electrons. The summed E-state index contributed by atoms with van der Waals surface area (Å²) in [5, 5.41) is 7.11. The predicted molar refractivity (Wildman–Crippen MR) is 112 cm³/mol. The summed E-state index contributed by atoms with van der Waals surface area (Å²) in [5.74, 6) is 1.54. The van der Waals surface area contributed by atoms with Gasteiger partial charge in [0.25, 0.3) is 0 Å². The second kappa shape index (κ2) is 8.86. The lowest BCUT2D eigenvalue weighted by Gasteiger charge is -2.26. The van der Waals surface area contributed by atoms with Crippen molar-refractivity contribution in [1.29, 1.82) is 0 Å². The zero-order valence-electron chi connectivity index (χ0n) is 17.1. The van der Waals surface area contributed by atoms with Crippen LogP contribution in [0.1, 0.15) is 24.1 Å². The summed E-state index contributed by atoms with van der Waals surface area (Å²) in [6.45, 7) is 3.69. The molecule has 0 aliphatic carbocycles. The van der Waals surface area contributed by atoms with Crippen LogP contribution in [0.25, 0.3) is 5.69 Å². The summed E-state index contributed by atoms with van der Waals surface area (Å²) in [6.07, 6.45) is 3.87. The topological polar surface area (TPSA) is 81.5 Å². The average Bonchev–Trinajstić information content (AvgIpc) is 3.33. The van der Waals surface area contributed by atoms with E-state index in [1.807, 2.05) is 49.4 Å². The maximum absolute atomic E-state index is 12.6. The Kier molecular flexibility index (Phi) is 5.83. The van der Waals surface area contributed by atoms with Crippen LogP contribution in [0.2, 0.25) is 0 Å². The fraction of sp³-hybridized carbons (Fsp3) is 0.318. The monoisotopic (exact) mass is 407 g/mol. The van der Waals surface area contributed by atoms with Gasteiger partial charge in [-0.25, -0.2) is 14.5 Å². The molecule has 3 aromatic rings. The van der Waals surface area contributed by atoms with E-state index in [0.29, 0.717) is 19.8 Å². The fourth-order valence-corrected chi connectivity index (χ4v) is 3.33. The number of fused-ring (bicyclic) bond motifs is 1. The molecule has 2 amide bonds. The summed E-state index contributed by atoms with van der Waals surface area (Å²) in [4.78, 5) is 18.2. The van der Waals surface area contributed by atoms with E-state index in [2.05, 4.69) is 15.4 Å². The van der Waals surface area contributed by atoms with Crippen LogP contribution in [0.15, 0.2) is 55.1 Å². The molecule has 8 heteroatoms. The number of nitrogens with one attached hydrogen (secondary N) is 1. The first kappa shape index (κ1) is 19.8. The lowest BCUT2D eigenvalue weighted by atomic mass is 10.1. The molecule has 4 rings (SSSR count).